The van der Waals surface area contributed by atoms with Gasteiger partial charge in [-0.25, -0.2) is 0 Å². The summed E-state index contributed by atoms with van der Waals surface area (Å²) in [6.45, 7) is 4.32. The summed E-state index contributed by atoms with van der Waals surface area (Å²) in [7, 11) is 1.64. The molecule has 3 fully saturated rings. The highest BCUT2D eigenvalue weighted by Gasteiger charge is 2.29. The fourth-order valence-electron chi connectivity index (χ4n) is 5.62. The molecule has 0 unspecified atom stereocenters. The van der Waals surface area contributed by atoms with Gasteiger partial charge in [-0.1, -0.05) is 19.3 Å². The van der Waals surface area contributed by atoms with E-state index in [9.17, 15) is 4.79 Å². The molecule has 3 aliphatic rings. The van der Waals surface area contributed by atoms with E-state index < -0.39 is 0 Å². The number of nitrogen functional groups attached to an aromatic ring is 2. The highest BCUT2D eigenvalue weighted by atomic mass is 16.5. The summed E-state index contributed by atoms with van der Waals surface area (Å²) >= 11 is 0. The van der Waals surface area contributed by atoms with Crippen LogP contribution in [0, 0.1) is 5.92 Å². The minimum Gasteiger partial charge on any atom is -0.494 e. The van der Waals surface area contributed by atoms with Gasteiger partial charge in [-0.3, -0.25) is 4.79 Å². The molecule has 0 radical (unpaired) electrons. The lowest BCUT2D eigenvalue weighted by Crippen LogP contribution is -2.46. The van der Waals surface area contributed by atoms with Crippen LogP contribution in [0.15, 0.2) is 18.2 Å². The Morgan fingerprint density at radius 2 is 1.76 bits per heavy atom. The van der Waals surface area contributed by atoms with Crippen LogP contribution in [0.5, 0.6) is 5.75 Å². The number of morpholine rings is 1. The van der Waals surface area contributed by atoms with E-state index in [1.807, 2.05) is 17.0 Å². The van der Waals surface area contributed by atoms with E-state index in [1.54, 1.807) is 7.11 Å². The monoisotopic (exact) mass is 524 g/mol. The first kappa shape index (κ1) is 26.1. The lowest BCUT2D eigenvalue weighted by Gasteiger charge is -2.36. The van der Waals surface area contributed by atoms with Crippen molar-refractivity contribution < 1.29 is 14.3 Å². The number of nitrogens with two attached hydrogens (primary N) is 2. The maximum atomic E-state index is 12.9. The number of aromatic nitrogens is 2. The lowest BCUT2D eigenvalue weighted by atomic mass is 9.94. The SMILES string of the molecule is COc1cc(N2CCC(C(=O)N3CCOCC3)CC2)ccc1Nc1nc(N)c(N)c(NC2CCCCC2)n1. The summed E-state index contributed by atoms with van der Waals surface area (Å²) in [5.41, 5.74) is 14.5. The third kappa shape index (κ3) is 5.98. The molecule has 6 N–H and O–H groups in total. The highest BCUT2D eigenvalue weighted by molar-refractivity contribution is 5.79. The van der Waals surface area contributed by atoms with Crippen LogP contribution in [0.2, 0.25) is 0 Å². The molecular weight excluding hydrogens is 484 g/mol. The predicted octanol–water partition coefficient (Wildman–Crippen LogP) is 3.21. The van der Waals surface area contributed by atoms with E-state index in [1.165, 1.54) is 19.3 Å². The van der Waals surface area contributed by atoms with Crippen molar-refractivity contribution in [3.05, 3.63) is 18.2 Å². The Morgan fingerprint density at radius 3 is 2.47 bits per heavy atom. The number of anilines is 6. The number of rotatable bonds is 7. The third-order valence-corrected chi connectivity index (χ3v) is 7.88. The minimum absolute atomic E-state index is 0.0803. The van der Waals surface area contributed by atoms with Crippen molar-refractivity contribution in [2.24, 2.45) is 5.92 Å². The second-order valence-electron chi connectivity index (χ2n) is 10.4. The van der Waals surface area contributed by atoms with E-state index in [2.05, 4.69) is 31.6 Å². The molecule has 1 amide bonds. The fourth-order valence-corrected chi connectivity index (χ4v) is 5.62. The van der Waals surface area contributed by atoms with Crippen molar-refractivity contribution in [1.29, 1.82) is 0 Å². The largest absolute Gasteiger partial charge is 0.494 e. The number of hydrogen-bond acceptors (Lipinski definition) is 10. The Morgan fingerprint density at radius 1 is 1.03 bits per heavy atom. The summed E-state index contributed by atoms with van der Waals surface area (Å²) in [5.74, 6) is 2.20. The standard InChI is InChI=1S/C27H40N8O3/c1-37-22-17-20(34-11-9-18(10-12-34)26(36)35-13-15-38-16-14-35)7-8-21(22)31-27-32-24(29)23(28)25(33-27)30-19-5-3-2-4-6-19/h7-8,17-19H,2-6,9-16,28H2,1H3,(H4,29,30,31,32,33). The van der Waals surface area contributed by atoms with Crippen LogP contribution in [0.25, 0.3) is 0 Å². The van der Waals surface area contributed by atoms with Crippen LogP contribution >= 0.6 is 0 Å². The van der Waals surface area contributed by atoms with E-state index in [0.717, 1.165) is 50.1 Å². The number of benzene rings is 1. The number of carbonyl (C=O) groups is 1. The zero-order chi connectivity index (χ0) is 26.5. The number of methoxy groups -OCH3 is 1. The molecule has 0 atom stereocenters. The van der Waals surface area contributed by atoms with Crippen LogP contribution in [0.1, 0.15) is 44.9 Å². The van der Waals surface area contributed by atoms with Gasteiger partial charge in [0.1, 0.15) is 11.4 Å². The van der Waals surface area contributed by atoms with Crippen LogP contribution in [0.3, 0.4) is 0 Å². The molecule has 11 heteroatoms. The third-order valence-electron chi connectivity index (χ3n) is 7.88. The van der Waals surface area contributed by atoms with Crippen molar-refractivity contribution in [2.45, 2.75) is 51.0 Å². The Labute approximate surface area is 224 Å². The molecule has 1 aromatic carbocycles. The molecule has 1 saturated carbocycles. The number of ether oxygens (including phenoxy) is 2. The molecule has 38 heavy (non-hydrogen) atoms. The minimum atomic E-state index is 0.0803. The van der Waals surface area contributed by atoms with Crippen molar-refractivity contribution in [2.75, 3.05) is 73.5 Å². The maximum absolute atomic E-state index is 12.9. The van der Waals surface area contributed by atoms with E-state index in [4.69, 9.17) is 20.9 Å². The summed E-state index contributed by atoms with van der Waals surface area (Å²) in [5, 5.41) is 6.72. The zero-order valence-corrected chi connectivity index (χ0v) is 22.2. The highest BCUT2D eigenvalue weighted by Crippen LogP contribution is 2.35. The van der Waals surface area contributed by atoms with E-state index in [-0.39, 0.29) is 17.6 Å². The Kier molecular flexibility index (Phi) is 8.21. The van der Waals surface area contributed by atoms with Crippen LogP contribution < -0.4 is 31.7 Å². The number of amides is 1. The number of nitrogens with zero attached hydrogens (tertiary/aromatic N) is 4. The molecule has 3 heterocycles. The molecule has 5 rings (SSSR count). The van der Waals surface area contributed by atoms with E-state index in [0.29, 0.717) is 55.5 Å². The lowest BCUT2D eigenvalue weighted by molar-refractivity contribution is -0.140. The van der Waals surface area contributed by atoms with Gasteiger partial charge < -0.3 is 41.4 Å². The van der Waals surface area contributed by atoms with E-state index >= 15 is 0 Å². The first-order valence-corrected chi connectivity index (χ1v) is 13.8. The van der Waals surface area contributed by atoms with Gasteiger partial charge in [0, 0.05) is 49.9 Å². The van der Waals surface area contributed by atoms with Crippen LogP contribution in [0.4, 0.5) is 34.6 Å². The van der Waals surface area contributed by atoms with Crippen LogP contribution in [-0.4, -0.2) is 73.3 Å². The van der Waals surface area contributed by atoms with Gasteiger partial charge in [0.05, 0.1) is 26.0 Å². The molecule has 0 spiro atoms. The van der Waals surface area contributed by atoms with Gasteiger partial charge in [0.2, 0.25) is 11.9 Å². The molecule has 2 aromatic rings. The molecule has 1 aliphatic carbocycles. The Bertz CT molecular complexity index is 1110. The molecule has 1 aromatic heterocycles. The molecule has 206 valence electrons. The predicted molar refractivity (Wildman–Crippen MR) is 150 cm³/mol. The molecule has 11 nitrogen and oxygen atoms in total. The maximum Gasteiger partial charge on any atom is 0.231 e. The topological polar surface area (TPSA) is 144 Å². The summed E-state index contributed by atoms with van der Waals surface area (Å²) in [4.78, 5) is 26.1. The summed E-state index contributed by atoms with van der Waals surface area (Å²) in [6, 6.07) is 6.37. The number of nitrogens with one attached hydrogen (secondary N) is 2. The van der Waals surface area contributed by atoms with Gasteiger partial charge in [-0.05, 0) is 37.8 Å². The first-order valence-electron chi connectivity index (χ1n) is 13.8. The van der Waals surface area contributed by atoms with Gasteiger partial charge in [-0.15, -0.1) is 0 Å². The molecule has 0 bridgehead atoms. The van der Waals surface area contributed by atoms with Gasteiger partial charge in [-0.2, -0.15) is 9.97 Å². The second-order valence-corrected chi connectivity index (χ2v) is 10.4. The van der Waals surface area contributed by atoms with Crippen LogP contribution in [-0.2, 0) is 9.53 Å². The summed E-state index contributed by atoms with van der Waals surface area (Å²) in [6.07, 6.45) is 7.55. The zero-order valence-electron chi connectivity index (χ0n) is 22.2. The van der Waals surface area contributed by atoms with Crippen molar-refractivity contribution in [3.8, 4) is 5.75 Å². The number of hydrogen-bond donors (Lipinski definition) is 4. The number of carbonyl (C=O) groups excluding carboxylic acids is 1. The average molecular weight is 525 g/mol. The second kappa shape index (κ2) is 11.9. The Hall–Kier alpha value is -3.47. The molecule has 2 saturated heterocycles. The van der Waals surface area contributed by atoms with Crippen molar-refractivity contribution in [1.82, 2.24) is 14.9 Å². The average Bonchev–Trinajstić information content (AvgIpc) is 2.96. The smallest absolute Gasteiger partial charge is 0.231 e. The van der Waals surface area contributed by atoms with Crippen molar-refractivity contribution >= 4 is 40.6 Å². The van der Waals surface area contributed by atoms with Gasteiger partial charge in [0.15, 0.2) is 11.6 Å². The Balaban J connectivity index is 1.24. The molecule has 2 aliphatic heterocycles. The molecular formula is C27H40N8O3. The van der Waals surface area contributed by atoms with Crippen molar-refractivity contribution in [3.63, 3.8) is 0 Å². The van der Waals surface area contributed by atoms with Gasteiger partial charge >= 0.3 is 0 Å². The quantitative estimate of drug-likeness (QED) is 0.426. The fraction of sp³-hybridized carbons (Fsp3) is 0.593. The first-order chi connectivity index (χ1) is 18.5. The number of piperidine rings is 1. The van der Waals surface area contributed by atoms with Gasteiger partial charge in [0.25, 0.3) is 0 Å². The summed E-state index contributed by atoms with van der Waals surface area (Å²) < 4.78 is 11.1. The normalized spacial score (nSPS) is 19.3.